The van der Waals surface area contributed by atoms with E-state index in [0.717, 1.165) is 10.9 Å². The number of allylic oxidation sites excluding steroid dienone is 3. The van der Waals surface area contributed by atoms with Crippen LogP contribution >= 0.6 is 15.9 Å². The minimum atomic E-state index is -0.381. The topological polar surface area (TPSA) is 9.23 Å². The van der Waals surface area contributed by atoms with Crippen molar-refractivity contribution in [2.75, 3.05) is 13.7 Å². The van der Waals surface area contributed by atoms with E-state index >= 15 is 0 Å². The fourth-order valence-corrected chi connectivity index (χ4v) is 2.53. The lowest BCUT2D eigenvalue weighted by molar-refractivity contribution is 0.149. The van der Waals surface area contributed by atoms with Crippen LogP contribution in [-0.2, 0) is 10.2 Å². The van der Waals surface area contributed by atoms with Crippen LogP contribution < -0.4 is 0 Å². The van der Waals surface area contributed by atoms with Gasteiger partial charge in [-0.2, -0.15) is 0 Å². The highest BCUT2D eigenvalue weighted by molar-refractivity contribution is 9.10. The van der Waals surface area contributed by atoms with Crippen molar-refractivity contribution in [2.24, 2.45) is 0 Å². The average molecular weight is 297 g/mol. The fourth-order valence-electron chi connectivity index (χ4n) is 2.20. The highest BCUT2D eigenvalue weighted by atomic mass is 79.9. The smallest absolute Gasteiger partial charge is 0.128 e. The Morgan fingerprint density at radius 3 is 2.82 bits per heavy atom. The van der Waals surface area contributed by atoms with Crippen molar-refractivity contribution in [1.29, 1.82) is 0 Å². The second-order valence-electron chi connectivity index (χ2n) is 4.20. The van der Waals surface area contributed by atoms with Crippen molar-refractivity contribution in [3.05, 3.63) is 58.4 Å². The lowest BCUT2D eigenvalue weighted by atomic mass is 9.76. The third kappa shape index (κ3) is 2.50. The summed E-state index contributed by atoms with van der Waals surface area (Å²) in [5.74, 6) is -0.198. The third-order valence-electron chi connectivity index (χ3n) is 3.01. The van der Waals surface area contributed by atoms with Crippen LogP contribution in [-0.4, -0.2) is 13.7 Å². The van der Waals surface area contributed by atoms with Gasteiger partial charge in [0.1, 0.15) is 5.82 Å². The zero-order valence-electron chi connectivity index (χ0n) is 9.62. The third-order valence-corrected chi connectivity index (χ3v) is 3.51. The molecule has 3 heteroatoms. The molecule has 0 saturated carbocycles. The van der Waals surface area contributed by atoms with Crippen LogP contribution in [0.5, 0.6) is 0 Å². The zero-order valence-corrected chi connectivity index (χ0v) is 11.2. The van der Waals surface area contributed by atoms with Crippen LogP contribution in [0.25, 0.3) is 0 Å². The van der Waals surface area contributed by atoms with Gasteiger partial charge in [-0.15, -0.1) is 0 Å². The molecule has 1 unspecified atom stereocenters. The minimum Gasteiger partial charge on any atom is -0.383 e. The molecule has 1 aliphatic carbocycles. The van der Waals surface area contributed by atoms with Gasteiger partial charge in [0.25, 0.3) is 0 Å². The van der Waals surface area contributed by atoms with Gasteiger partial charge in [0, 0.05) is 22.6 Å². The van der Waals surface area contributed by atoms with Gasteiger partial charge in [-0.25, -0.2) is 4.39 Å². The standard InChI is InChI=1S/C14H14BrFO/c1-17-10-14(7-3-2-4-8-14)12-6-5-11(15)9-13(12)16/h2-7,9H,8,10H2,1H3. The molecule has 0 fully saturated rings. The van der Waals surface area contributed by atoms with E-state index in [2.05, 4.69) is 15.9 Å². The Bertz CT molecular complexity index is 467. The van der Waals surface area contributed by atoms with Gasteiger partial charge in [0.15, 0.2) is 0 Å². The summed E-state index contributed by atoms with van der Waals surface area (Å²) < 4.78 is 20.1. The first-order chi connectivity index (χ1) is 8.18. The van der Waals surface area contributed by atoms with Crippen molar-refractivity contribution in [1.82, 2.24) is 0 Å². The molecule has 0 saturated heterocycles. The first-order valence-corrected chi connectivity index (χ1v) is 6.26. The monoisotopic (exact) mass is 296 g/mol. The molecule has 0 bridgehead atoms. The Hall–Kier alpha value is -0.930. The van der Waals surface area contributed by atoms with Crippen LogP contribution in [0.1, 0.15) is 12.0 Å². The molecule has 0 aliphatic heterocycles. The number of halogens is 2. The van der Waals surface area contributed by atoms with E-state index in [4.69, 9.17) is 4.74 Å². The van der Waals surface area contributed by atoms with E-state index in [1.165, 1.54) is 6.07 Å². The van der Waals surface area contributed by atoms with E-state index in [1.54, 1.807) is 7.11 Å². The van der Waals surface area contributed by atoms with Crippen molar-refractivity contribution in [3.63, 3.8) is 0 Å². The summed E-state index contributed by atoms with van der Waals surface area (Å²) in [6, 6.07) is 5.18. The summed E-state index contributed by atoms with van der Waals surface area (Å²) >= 11 is 3.27. The number of benzene rings is 1. The molecule has 1 nitrogen and oxygen atoms in total. The van der Waals surface area contributed by atoms with E-state index < -0.39 is 0 Å². The molecule has 0 amide bonds. The molecule has 0 heterocycles. The Morgan fingerprint density at radius 2 is 2.24 bits per heavy atom. The van der Waals surface area contributed by atoms with Crippen LogP contribution in [0.2, 0.25) is 0 Å². The zero-order chi connectivity index (χ0) is 12.3. The second kappa shape index (κ2) is 5.15. The van der Waals surface area contributed by atoms with E-state index in [1.807, 2.05) is 36.4 Å². The molecular formula is C14H14BrFO. The Labute approximate surface area is 109 Å². The highest BCUT2D eigenvalue weighted by Crippen LogP contribution is 2.35. The number of hydrogen-bond acceptors (Lipinski definition) is 1. The van der Waals surface area contributed by atoms with Gasteiger partial charge in [0.2, 0.25) is 0 Å². The van der Waals surface area contributed by atoms with Crippen LogP contribution in [0.15, 0.2) is 47.0 Å². The average Bonchev–Trinajstić information content (AvgIpc) is 2.30. The number of methoxy groups -OCH3 is 1. The molecule has 1 aliphatic rings. The highest BCUT2D eigenvalue weighted by Gasteiger charge is 2.32. The van der Waals surface area contributed by atoms with Gasteiger partial charge in [0.05, 0.1) is 6.61 Å². The summed E-state index contributed by atoms with van der Waals surface area (Å²) in [6.07, 6.45) is 8.74. The van der Waals surface area contributed by atoms with Gasteiger partial charge in [-0.05, 0) is 18.6 Å². The molecule has 0 aromatic heterocycles. The second-order valence-corrected chi connectivity index (χ2v) is 5.12. The maximum Gasteiger partial charge on any atom is 0.128 e. The van der Waals surface area contributed by atoms with Crippen LogP contribution in [0.4, 0.5) is 4.39 Å². The Morgan fingerprint density at radius 1 is 1.41 bits per heavy atom. The molecule has 17 heavy (non-hydrogen) atoms. The maximum atomic E-state index is 14.1. The number of hydrogen-bond donors (Lipinski definition) is 0. The number of rotatable bonds is 3. The molecular weight excluding hydrogens is 283 g/mol. The Balaban J connectivity index is 2.46. The lowest BCUT2D eigenvalue weighted by Gasteiger charge is -2.31. The number of ether oxygens (including phenoxy) is 1. The van der Waals surface area contributed by atoms with Crippen molar-refractivity contribution < 1.29 is 9.13 Å². The fraction of sp³-hybridized carbons (Fsp3) is 0.286. The summed E-state index contributed by atoms with van der Waals surface area (Å²) in [5, 5.41) is 0. The summed E-state index contributed by atoms with van der Waals surface area (Å²) in [5.41, 5.74) is 0.303. The van der Waals surface area contributed by atoms with Crippen molar-refractivity contribution in [3.8, 4) is 0 Å². The molecule has 90 valence electrons. The van der Waals surface area contributed by atoms with Crippen molar-refractivity contribution in [2.45, 2.75) is 11.8 Å². The van der Waals surface area contributed by atoms with Gasteiger partial charge in [-0.1, -0.05) is 46.3 Å². The van der Waals surface area contributed by atoms with Crippen molar-refractivity contribution >= 4 is 15.9 Å². The largest absolute Gasteiger partial charge is 0.383 e. The quantitative estimate of drug-likeness (QED) is 0.819. The molecule has 0 radical (unpaired) electrons. The van der Waals surface area contributed by atoms with Crippen LogP contribution in [0, 0.1) is 5.82 Å². The van der Waals surface area contributed by atoms with Gasteiger partial charge in [-0.3, -0.25) is 0 Å². The van der Waals surface area contributed by atoms with E-state index in [0.29, 0.717) is 12.2 Å². The lowest BCUT2D eigenvalue weighted by Crippen LogP contribution is -2.31. The molecule has 1 aromatic rings. The van der Waals surface area contributed by atoms with Gasteiger partial charge < -0.3 is 4.74 Å². The summed E-state index contributed by atoms with van der Waals surface area (Å²) in [6.45, 7) is 0.479. The minimum absolute atomic E-state index is 0.198. The maximum absolute atomic E-state index is 14.1. The summed E-state index contributed by atoms with van der Waals surface area (Å²) in [4.78, 5) is 0. The van der Waals surface area contributed by atoms with E-state index in [-0.39, 0.29) is 11.2 Å². The molecule has 0 N–H and O–H groups in total. The molecule has 1 atom stereocenters. The molecule has 0 spiro atoms. The SMILES string of the molecule is COCC1(c2ccc(Br)cc2F)C=CC=CC1. The predicted molar refractivity (Wildman–Crippen MR) is 70.6 cm³/mol. The normalized spacial score (nSPS) is 23.0. The summed E-state index contributed by atoms with van der Waals surface area (Å²) in [7, 11) is 1.64. The predicted octanol–water partition coefficient (Wildman–Crippen LogP) is 3.99. The Kier molecular flexibility index (Phi) is 3.79. The first-order valence-electron chi connectivity index (χ1n) is 5.47. The molecule has 2 rings (SSSR count). The van der Waals surface area contributed by atoms with Gasteiger partial charge >= 0.3 is 0 Å². The molecule has 1 aromatic carbocycles. The van der Waals surface area contributed by atoms with E-state index in [9.17, 15) is 4.39 Å². The first kappa shape index (κ1) is 12.5. The van der Waals surface area contributed by atoms with Crippen LogP contribution in [0.3, 0.4) is 0 Å².